The first-order chi connectivity index (χ1) is 6.32. The van der Waals surface area contributed by atoms with Crippen molar-refractivity contribution in [3.63, 3.8) is 0 Å². The second kappa shape index (κ2) is 3.65. The third-order valence-corrected chi connectivity index (χ3v) is 2.08. The lowest BCUT2D eigenvalue weighted by Crippen LogP contribution is -2.19. The van der Waals surface area contributed by atoms with E-state index in [1.165, 1.54) is 6.07 Å². The molecule has 0 aliphatic carbocycles. The molecule has 0 aromatic heterocycles. The van der Waals surface area contributed by atoms with E-state index in [2.05, 4.69) is 0 Å². The summed E-state index contributed by atoms with van der Waals surface area (Å²) in [6, 6.07) is 3.21. The third kappa shape index (κ3) is 2.29. The van der Waals surface area contributed by atoms with Crippen LogP contribution in [0.15, 0.2) is 18.2 Å². The number of aliphatic hydroxyl groups excluding tert-OH is 1. The summed E-state index contributed by atoms with van der Waals surface area (Å²) < 4.78 is 25.8. The molecule has 0 saturated carbocycles. The number of aliphatic hydroxyl groups is 1. The van der Waals surface area contributed by atoms with Crippen molar-refractivity contribution in [3.05, 3.63) is 35.4 Å². The van der Waals surface area contributed by atoms with Crippen molar-refractivity contribution in [2.24, 2.45) is 5.41 Å². The van der Waals surface area contributed by atoms with E-state index < -0.39 is 23.2 Å². The molecule has 0 fully saturated rings. The lowest BCUT2D eigenvalue weighted by atomic mass is 9.84. The average Bonchev–Trinajstić information content (AvgIpc) is 2.01. The Morgan fingerprint density at radius 1 is 1.21 bits per heavy atom. The van der Waals surface area contributed by atoms with E-state index in [-0.39, 0.29) is 5.56 Å². The first-order valence-electron chi connectivity index (χ1n) is 4.45. The van der Waals surface area contributed by atoms with Crippen LogP contribution in [-0.2, 0) is 0 Å². The van der Waals surface area contributed by atoms with Gasteiger partial charge in [-0.05, 0) is 11.5 Å². The smallest absolute Gasteiger partial charge is 0.131 e. The number of halogens is 2. The van der Waals surface area contributed by atoms with Gasteiger partial charge >= 0.3 is 0 Å². The zero-order valence-electron chi connectivity index (χ0n) is 8.51. The fourth-order valence-corrected chi connectivity index (χ4v) is 1.19. The van der Waals surface area contributed by atoms with E-state index >= 15 is 0 Å². The predicted molar refractivity (Wildman–Crippen MR) is 50.8 cm³/mol. The largest absolute Gasteiger partial charge is 0.388 e. The van der Waals surface area contributed by atoms with Crippen LogP contribution < -0.4 is 0 Å². The monoisotopic (exact) mass is 200 g/mol. The summed E-state index contributed by atoms with van der Waals surface area (Å²) in [6.45, 7) is 5.38. The Hall–Kier alpha value is -0.960. The molecule has 0 bridgehead atoms. The SMILES string of the molecule is CC(C)(C)C(O)c1ccc(F)cc1F. The Labute approximate surface area is 82.4 Å². The topological polar surface area (TPSA) is 20.2 Å². The van der Waals surface area contributed by atoms with Gasteiger partial charge in [-0.25, -0.2) is 8.78 Å². The van der Waals surface area contributed by atoms with Crippen molar-refractivity contribution in [2.75, 3.05) is 0 Å². The van der Waals surface area contributed by atoms with Crippen molar-refractivity contribution >= 4 is 0 Å². The van der Waals surface area contributed by atoms with Gasteiger partial charge < -0.3 is 5.11 Å². The number of hydrogen-bond acceptors (Lipinski definition) is 1. The molecular formula is C11H14F2O. The summed E-state index contributed by atoms with van der Waals surface area (Å²) in [5.41, 5.74) is -0.322. The second-order valence-corrected chi connectivity index (χ2v) is 4.43. The van der Waals surface area contributed by atoms with Gasteiger partial charge in [-0.2, -0.15) is 0 Å². The van der Waals surface area contributed by atoms with Crippen molar-refractivity contribution in [1.29, 1.82) is 0 Å². The van der Waals surface area contributed by atoms with Gasteiger partial charge in [0.1, 0.15) is 11.6 Å². The summed E-state index contributed by atoms with van der Waals surface area (Å²) in [4.78, 5) is 0. The van der Waals surface area contributed by atoms with Crippen LogP contribution >= 0.6 is 0 Å². The van der Waals surface area contributed by atoms with Gasteiger partial charge in [-0.15, -0.1) is 0 Å². The van der Waals surface area contributed by atoms with E-state index in [0.717, 1.165) is 12.1 Å². The Balaban J connectivity index is 3.08. The molecule has 14 heavy (non-hydrogen) atoms. The molecule has 0 spiro atoms. The van der Waals surface area contributed by atoms with Crippen LogP contribution in [0.5, 0.6) is 0 Å². The van der Waals surface area contributed by atoms with Crippen LogP contribution in [0.2, 0.25) is 0 Å². The summed E-state index contributed by atoms with van der Waals surface area (Å²) in [7, 11) is 0. The second-order valence-electron chi connectivity index (χ2n) is 4.43. The minimum absolute atomic E-state index is 0.138. The summed E-state index contributed by atoms with van der Waals surface area (Å²) in [5, 5.41) is 9.77. The molecule has 0 saturated heterocycles. The molecule has 1 aromatic carbocycles. The summed E-state index contributed by atoms with van der Waals surface area (Å²) in [6.07, 6.45) is -0.928. The highest BCUT2D eigenvalue weighted by Gasteiger charge is 2.26. The van der Waals surface area contributed by atoms with Crippen molar-refractivity contribution in [3.8, 4) is 0 Å². The molecule has 0 aliphatic rings. The Kier molecular flexibility index (Phi) is 2.90. The van der Waals surface area contributed by atoms with Crippen LogP contribution in [0.1, 0.15) is 32.4 Å². The van der Waals surface area contributed by atoms with Gasteiger partial charge in [-0.3, -0.25) is 0 Å². The summed E-state index contributed by atoms with van der Waals surface area (Å²) >= 11 is 0. The van der Waals surface area contributed by atoms with Crippen molar-refractivity contribution in [2.45, 2.75) is 26.9 Å². The first-order valence-corrected chi connectivity index (χ1v) is 4.45. The molecule has 3 heteroatoms. The van der Waals surface area contributed by atoms with Crippen LogP contribution in [-0.4, -0.2) is 5.11 Å². The first kappa shape index (κ1) is 11.1. The molecule has 1 nitrogen and oxygen atoms in total. The van der Waals surface area contributed by atoms with Gasteiger partial charge in [-0.1, -0.05) is 26.8 Å². The number of rotatable bonds is 1. The molecule has 0 heterocycles. The van der Waals surface area contributed by atoms with Crippen LogP contribution in [0, 0.1) is 17.0 Å². The molecule has 78 valence electrons. The molecule has 1 unspecified atom stereocenters. The summed E-state index contributed by atoms with van der Waals surface area (Å²) in [5.74, 6) is -1.33. The molecule has 1 atom stereocenters. The Morgan fingerprint density at radius 3 is 2.21 bits per heavy atom. The molecule has 1 aromatic rings. The molecule has 0 aliphatic heterocycles. The lowest BCUT2D eigenvalue weighted by Gasteiger charge is -2.26. The van der Waals surface area contributed by atoms with E-state index in [4.69, 9.17) is 0 Å². The minimum Gasteiger partial charge on any atom is -0.388 e. The average molecular weight is 200 g/mol. The maximum Gasteiger partial charge on any atom is 0.131 e. The molecule has 0 amide bonds. The van der Waals surface area contributed by atoms with Crippen LogP contribution in [0.3, 0.4) is 0 Å². The maximum absolute atomic E-state index is 13.2. The number of hydrogen-bond donors (Lipinski definition) is 1. The van der Waals surface area contributed by atoms with E-state index in [1.807, 2.05) is 0 Å². The molecular weight excluding hydrogens is 186 g/mol. The highest BCUT2D eigenvalue weighted by molar-refractivity contribution is 5.22. The Morgan fingerprint density at radius 2 is 1.79 bits per heavy atom. The minimum atomic E-state index is -0.928. The van der Waals surface area contributed by atoms with Gasteiger partial charge in [0, 0.05) is 11.6 Å². The molecule has 1 N–H and O–H groups in total. The molecule has 0 radical (unpaired) electrons. The lowest BCUT2D eigenvalue weighted by molar-refractivity contribution is 0.0594. The van der Waals surface area contributed by atoms with Gasteiger partial charge in [0.15, 0.2) is 0 Å². The molecule has 1 rings (SSSR count). The highest BCUT2D eigenvalue weighted by Crippen LogP contribution is 2.33. The van der Waals surface area contributed by atoms with Crippen LogP contribution in [0.25, 0.3) is 0 Å². The zero-order chi connectivity index (χ0) is 10.9. The fourth-order valence-electron chi connectivity index (χ4n) is 1.19. The van der Waals surface area contributed by atoms with E-state index in [1.54, 1.807) is 20.8 Å². The van der Waals surface area contributed by atoms with E-state index in [9.17, 15) is 13.9 Å². The van der Waals surface area contributed by atoms with Gasteiger partial charge in [0.05, 0.1) is 6.10 Å². The zero-order valence-corrected chi connectivity index (χ0v) is 8.51. The standard InChI is InChI=1S/C11H14F2O/c1-11(2,3)10(14)8-5-4-7(12)6-9(8)13/h4-6,10,14H,1-3H3. The quantitative estimate of drug-likeness (QED) is 0.738. The normalized spacial score (nSPS) is 14.1. The third-order valence-electron chi connectivity index (χ3n) is 2.08. The Bertz CT molecular complexity index is 329. The van der Waals surface area contributed by atoms with Gasteiger partial charge in [0.2, 0.25) is 0 Å². The number of benzene rings is 1. The fraction of sp³-hybridized carbons (Fsp3) is 0.455. The predicted octanol–water partition coefficient (Wildman–Crippen LogP) is 3.04. The van der Waals surface area contributed by atoms with E-state index in [0.29, 0.717) is 0 Å². The van der Waals surface area contributed by atoms with Gasteiger partial charge in [0.25, 0.3) is 0 Å². The maximum atomic E-state index is 13.2. The highest BCUT2D eigenvalue weighted by atomic mass is 19.1. The van der Waals surface area contributed by atoms with Crippen molar-refractivity contribution in [1.82, 2.24) is 0 Å². The van der Waals surface area contributed by atoms with Crippen LogP contribution in [0.4, 0.5) is 8.78 Å². The van der Waals surface area contributed by atoms with Crippen molar-refractivity contribution < 1.29 is 13.9 Å².